The van der Waals surface area contributed by atoms with E-state index in [1.165, 1.54) is 18.6 Å². The van der Waals surface area contributed by atoms with Crippen LogP contribution in [0.1, 0.15) is 57.5 Å². The summed E-state index contributed by atoms with van der Waals surface area (Å²) in [5.41, 5.74) is 4.63. The number of benzene rings is 2. The van der Waals surface area contributed by atoms with Crippen molar-refractivity contribution in [2.24, 2.45) is 0 Å². The molecule has 6 nitrogen and oxygen atoms in total. The smallest absolute Gasteiger partial charge is 0.374 e. The molecule has 3 aromatic rings. The molecule has 31 heavy (non-hydrogen) atoms. The summed E-state index contributed by atoms with van der Waals surface area (Å²) in [4.78, 5) is 35.8. The van der Waals surface area contributed by atoms with Crippen LogP contribution in [0, 0.1) is 13.8 Å². The van der Waals surface area contributed by atoms with Crippen molar-refractivity contribution in [2.45, 2.75) is 33.7 Å². The molecule has 0 saturated carbocycles. The van der Waals surface area contributed by atoms with Gasteiger partial charge in [0.2, 0.25) is 5.76 Å². The third kappa shape index (κ3) is 5.48. The van der Waals surface area contributed by atoms with E-state index in [-0.39, 0.29) is 17.6 Å². The van der Waals surface area contributed by atoms with E-state index in [0.29, 0.717) is 11.3 Å². The highest BCUT2D eigenvalue weighted by molar-refractivity contribution is 5.94. The van der Waals surface area contributed by atoms with Crippen LogP contribution in [0.3, 0.4) is 0 Å². The quantitative estimate of drug-likeness (QED) is 0.439. The number of furan rings is 1. The minimum atomic E-state index is -0.722. The predicted octanol–water partition coefficient (Wildman–Crippen LogP) is 4.80. The molecule has 0 aliphatic rings. The summed E-state index contributed by atoms with van der Waals surface area (Å²) >= 11 is 0. The number of Topliss-reactive ketones (excluding diaryl/α,β-unsaturated/α-hetero) is 1. The number of carbonyl (C=O) groups is 3. The fraction of sp³-hybridized carbons (Fsp3) is 0.240. The number of ether oxygens (including phenoxy) is 1. The second-order valence-electron chi connectivity index (χ2n) is 7.51. The standard InChI is InChI=1S/C25H25NO5/c1-15-5-6-21(13-16(15)2)17(3)26-24(28)14-30-25(29)23-12-11-22(31-23)20-9-7-19(8-10-20)18(4)27/h5-13,17H,14H2,1-4H3,(H,26,28)/t17-/m0/s1. The van der Waals surface area contributed by atoms with Crippen LogP contribution in [0.2, 0.25) is 0 Å². The number of hydrogen-bond acceptors (Lipinski definition) is 5. The average molecular weight is 419 g/mol. The molecular formula is C25H25NO5. The van der Waals surface area contributed by atoms with Crippen molar-refractivity contribution in [3.8, 4) is 11.3 Å². The van der Waals surface area contributed by atoms with Gasteiger partial charge in [0.15, 0.2) is 12.4 Å². The molecule has 0 radical (unpaired) electrons. The molecule has 1 aromatic heterocycles. The lowest BCUT2D eigenvalue weighted by atomic mass is 10.0. The number of hydrogen-bond donors (Lipinski definition) is 1. The van der Waals surface area contributed by atoms with Crippen LogP contribution < -0.4 is 5.32 Å². The second kappa shape index (κ2) is 9.43. The molecular weight excluding hydrogens is 394 g/mol. The predicted molar refractivity (Wildman–Crippen MR) is 117 cm³/mol. The molecule has 1 atom stereocenters. The largest absolute Gasteiger partial charge is 0.450 e. The highest BCUT2D eigenvalue weighted by Crippen LogP contribution is 2.23. The highest BCUT2D eigenvalue weighted by Gasteiger charge is 2.17. The van der Waals surface area contributed by atoms with Gasteiger partial charge < -0.3 is 14.5 Å². The van der Waals surface area contributed by atoms with Gasteiger partial charge in [-0.25, -0.2) is 4.79 Å². The zero-order valence-corrected chi connectivity index (χ0v) is 18.0. The van der Waals surface area contributed by atoms with Gasteiger partial charge >= 0.3 is 5.97 Å². The van der Waals surface area contributed by atoms with Gasteiger partial charge in [-0.15, -0.1) is 0 Å². The van der Waals surface area contributed by atoms with Crippen molar-refractivity contribution in [1.29, 1.82) is 0 Å². The average Bonchev–Trinajstić information content (AvgIpc) is 3.24. The number of esters is 1. The lowest BCUT2D eigenvalue weighted by Crippen LogP contribution is -2.31. The molecule has 160 valence electrons. The maximum atomic E-state index is 12.2. The molecule has 1 N–H and O–H groups in total. The first-order valence-corrected chi connectivity index (χ1v) is 9.99. The normalized spacial score (nSPS) is 11.6. The summed E-state index contributed by atoms with van der Waals surface area (Å²) in [7, 11) is 0. The van der Waals surface area contributed by atoms with Gasteiger partial charge in [0.1, 0.15) is 5.76 Å². The molecule has 0 fully saturated rings. The first-order valence-electron chi connectivity index (χ1n) is 9.99. The summed E-state index contributed by atoms with van der Waals surface area (Å²) in [5, 5.41) is 2.82. The van der Waals surface area contributed by atoms with E-state index in [1.807, 2.05) is 39.0 Å². The molecule has 0 aliphatic carbocycles. The first kappa shape index (κ1) is 22.0. The van der Waals surface area contributed by atoms with Gasteiger partial charge in [0.25, 0.3) is 5.91 Å². The fourth-order valence-electron chi connectivity index (χ4n) is 3.07. The maximum absolute atomic E-state index is 12.2. The van der Waals surface area contributed by atoms with E-state index >= 15 is 0 Å². The molecule has 1 amide bonds. The van der Waals surface area contributed by atoms with E-state index in [1.54, 1.807) is 30.3 Å². The zero-order chi connectivity index (χ0) is 22.5. The van der Waals surface area contributed by atoms with Crippen LogP contribution in [-0.2, 0) is 9.53 Å². The van der Waals surface area contributed by atoms with Crippen LogP contribution in [0.4, 0.5) is 0 Å². The Hall–Kier alpha value is -3.67. The van der Waals surface area contributed by atoms with Crippen molar-refractivity contribution in [1.82, 2.24) is 5.32 Å². The van der Waals surface area contributed by atoms with Gasteiger partial charge in [-0.3, -0.25) is 9.59 Å². The Morgan fingerprint density at radius 1 is 0.968 bits per heavy atom. The van der Waals surface area contributed by atoms with Crippen molar-refractivity contribution >= 4 is 17.7 Å². The molecule has 2 aromatic carbocycles. The van der Waals surface area contributed by atoms with Crippen LogP contribution in [0.5, 0.6) is 0 Å². The van der Waals surface area contributed by atoms with Gasteiger partial charge in [-0.05, 0) is 56.5 Å². The van der Waals surface area contributed by atoms with Crippen molar-refractivity contribution in [3.05, 3.63) is 82.6 Å². The van der Waals surface area contributed by atoms with Gasteiger partial charge in [0, 0.05) is 11.1 Å². The number of rotatable bonds is 7. The number of aryl methyl sites for hydroxylation is 2. The Morgan fingerprint density at radius 3 is 2.32 bits per heavy atom. The van der Waals surface area contributed by atoms with Crippen LogP contribution in [-0.4, -0.2) is 24.3 Å². The van der Waals surface area contributed by atoms with Gasteiger partial charge in [-0.2, -0.15) is 0 Å². The van der Waals surface area contributed by atoms with E-state index in [0.717, 1.165) is 16.7 Å². The molecule has 1 heterocycles. The summed E-state index contributed by atoms with van der Waals surface area (Å²) < 4.78 is 10.6. The number of carbonyl (C=O) groups excluding carboxylic acids is 3. The molecule has 0 saturated heterocycles. The van der Waals surface area contributed by atoms with Gasteiger partial charge in [-0.1, -0.05) is 42.5 Å². The Bertz CT molecular complexity index is 1110. The third-order valence-corrected chi connectivity index (χ3v) is 5.13. The summed E-state index contributed by atoms with van der Waals surface area (Å²) in [6.07, 6.45) is 0. The van der Waals surface area contributed by atoms with E-state index in [4.69, 9.17) is 9.15 Å². The SMILES string of the molecule is CC(=O)c1ccc(-c2ccc(C(=O)OCC(=O)N[C@@H](C)c3ccc(C)c(C)c3)o2)cc1. The molecule has 6 heteroatoms. The molecule has 3 rings (SSSR count). The highest BCUT2D eigenvalue weighted by atomic mass is 16.5. The number of amides is 1. The van der Waals surface area contributed by atoms with E-state index in [9.17, 15) is 14.4 Å². The molecule has 0 spiro atoms. The van der Waals surface area contributed by atoms with Crippen LogP contribution >= 0.6 is 0 Å². The lowest BCUT2D eigenvalue weighted by Gasteiger charge is -2.15. The number of ketones is 1. The Morgan fingerprint density at radius 2 is 1.68 bits per heavy atom. The lowest BCUT2D eigenvalue weighted by molar-refractivity contribution is -0.124. The zero-order valence-electron chi connectivity index (χ0n) is 18.0. The monoisotopic (exact) mass is 419 g/mol. The topological polar surface area (TPSA) is 85.6 Å². The Balaban J connectivity index is 1.55. The first-order chi connectivity index (χ1) is 14.7. The summed E-state index contributed by atoms with van der Waals surface area (Å²) in [5.74, 6) is -0.679. The molecule has 0 unspecified atom stereocenters. The van der Waals surface area contributed by atoms with Gasteiger partial charge in [0.05, 0.1) is 6.04 Å². The Labute approximate surface area is 181 Å². The number of nitrogens with one attached hydrogen (secondary N) is 1. The molecule has 0 aliphatic heterocycles. The van der Waals surface area contributed by atoms with Crippen LogP contribution in [0.15, 0.2) is 59.0 Å². The van der Waals surface area contributed by atoms with Crippen molar-refractivity contribution < 1.29 is 23.5 Å². The summed E-state index contributed by atoms with van der Waals surface area (Å²) in [6.45, 7) is 7.01. The fourth-order valence-corrected chi connectivity index (χ4v) is 3.07. The van der Waals surface area contributed by atoms with Crippen molar-refractivity contribution in [2.75, 3.05) is 6.61 Å². The second-order valence-corrected chi connectivity index (χ2v) is 7.51. The Kier molecular flexibility index (Phi) is 6.70. The molecule has 0 bridgehead atoms. The van der Waals surface area contributed by atoms with E-state index in [2.05, 4.69) is 5.32 Å². The summed E-state index contributed by atoms with van der Waals surface area (Å²) in [6, 6.07) is 15.8. The maximum Gasteiger partial charge on any atom is 0.374 e. The van der Waals surface area contributed by atoms with E-state index < -0.39 is 18.5 Å². The minimum Gasteiger partial charge on any atom is -0.450 e. The van der Waals surface area contributed by atoms with Crippen molar-refractivity contribution in [3.63, 3.8) is 0 Å². The van der Waals surface area contributed by atoms with Crippen LogP contribution in [0.25, 0.3) is 11.3 Å². The minimum absolute atomic E-state index is 0.000604. The third-order valence-electron chi connectivity index (χ3n) is 5.13.